The van der Waals surface area contributed by atoms with E-state index in [1.54, 1.807) is 30.4 Å². The van der Waals surface area contributed by atoms with Crippen molar-refractivity contribution in [2.75, 3.05) is 0 Å². The fourth-order valence-corrected chi connectivity index (χ4v) is 2.70. The van der Waals surface area contributed by atoms with Crippen molar-refractivity contribution in [2.45, 2.75) is 6.61 Å². The van der Waals surface area contributed by atoms with E-state index in [4.69, 9.17) is 5.11 Å². The molecule has 0 saturated carbocycles. The van der Waals surface area contributed by atoms with Crippen LogP contribution in [0.25, 0.3) is 34.4 Å². The molecule has 0 saturated heterocycles. The van der Waals surface area contributed by atoms with Gasteiger partial charge >= 0.3 is 0 Å². The normalized spacial score (nSPS) is 11.7. The molecule has 7 heteroatoms. The number of nitrogens with zero attached hydrogens (tertiary/aromatic N) is 2. The Morgan fingerprint density at radius 2 is 1.88 bits per heavy atom. The number of rotatable bonds is 4. The average molecular weight is 352 g/mol. The van der Waals surface area contributed by atoms with Crippen molar-refractivity contribution in [1.82, 2.24) is 20.2 Å². The lowest BCUT2D eigenvalue weighted by Gasteiger charge is -2.00. The number of H-pyrrole nitrogens is 2. The monoisotopic (exact) mass is 352 g/mol. The molecule has 2 aromatic heterocycles. The smallest absolute Gasteiger partial charge is 0.152 e. The molecule has 0 spiro atoms. The zero-order valence-electron chi connectivity index (χ0n) is 13.5. The summed E-state index contributed by atoms with van der Waals surface area (Å²) < 4.78 is 27.4. The summed E-state index contributed by atoms with van der Waals surface area (Å²) in [6.07, 6.45) is 5.04. The molecule has 0 amide bonds. The van der Waals surface area contributed by atoms with Crippen LogP contribution >= 0.6 is 0 Å². The lowest BCUT2D eigenvalue weighted by Crippen LogP contribution is -1.86. The van der Waals surface area contributed by atoms with Crippen molar-refractivity contribution in [3.8, 4) is 11.4 Å². The van der Waals surface area contributed by atoms with E-state index < -0.39 is 5.82 Å². The molecule has 5 nitrogen and oxygen atoms in total. The summed E-state index contributed by atoms with van der Waals surface area (Å²) in [5, 5.41) is 16.6. The molecule has 0 fully saturated rings. The largest absolute Gasteiger partial charge is 0.390 e. The minimum absolute atomic E-state index is 0.172. The number of aliphatic hydroxyl groups is 1. The Morgan fingerprint density at radius 1 is 1.08 bits per heavy atom. The summed E-state index contributed by atoms with van der Waals surface area (Å²) in [6.45, 7) is -0.172. The maximum absolute atomic E-state index is 14.4. The van der Waals surface area contributed by atoms with Gasteiger partial charge in [-0.25, -0.2) is 13.8 Å². The summed E-state index contributed by atoms with van der Waals surface area (Å²) in [4.78, 5) is 7.09. The van der Waals surface area contributed by atoms with Crippen molar-refractivity contribution in [3.63, 3.8) is 0 Å². The zero-order valence-corrected chi connectivity index (χ0v) is 13.5. The van der Waals surface area contributed by atoms with Crippen LogP contribution in [0.5, 0.6) is 0 Å². The van der Waals surface area contributed by atoms with E-state index in [0.717, 1.165) is 5.56 Å². The first-order valence-electron chi connectivity index (χ1n) is 7.90. The highest BCUT2D eigenvalue weighted by Gasteiger charge is 2.13. The number of aliphatic hydroxyl groups excluding tert-OH is 1. The number of aromatic amines is 2. The summed E-state index contributed by atoms with van der Waals surface area (Å²) in [5.41, 5.74) is 2.75. The minimum Gasteiger partial charge on any atom is -0.390 e. The summed E-state index contributed by atoms with van der Waals surface area (Å²) in [7, 11) is 0. The Labute approximate surface area is 147 Å². The van der Waals surface area contributed by atoms with Gasteiger partial charge in [-0.1, -0.05) is 18.2 Å². The van der Waals surface area contributed by atoms with Gasteiger partial charge in [0.15, 0.2) is 5.82 Å². The van der Waals surface area contributed by atoms with Gasteiger partial charge in [0.2, 0.25) is 0 Å². The molecule has 0 radical (unpaired) electrons. The Bertz CT molecular complexity index is 1100. The third-order valence-corrected chi connectivity index (χ3v) is 4.03. The van der Waals surface area contributed by atoms with Crippen LogP contribution in [0.2, 0.25) is 0 Å². The van der Waals surface area contributed by atoms with Crippen molar-refractivity contribution < 1.29 is 13.9 Å². The number of nitrogens with one attached hydrogen (secondary N) is 2. The molecule has 130 valence electrons. The molecule has 4 aromatic rings. The molecule has 0 aliphatic heterocycles. The summed E-state index contributed by atoms with van der Waals surface area (Å²) in [5.74, 6) is -0.316. The van der Waals surface area contributed by atoms with Crippen LogP contribution in [0.1, 0.15) is 17.0 Å². The van der Waals surface area contributed by atoms with E-state index in [2.05, 4.69) is 20.2 Å². The van der Waals surface area contributed by atoms with E-state index in [-0.39, 0.29) is 17.9 Å². The SMILES string of the molecule is OCc1cnc(-c2cc(F)c3n[nH]c(/C=C/c4ccc(F)cc4)c3c2)[nH]1. The number of halogens is 2. The fourth-order valence-electron chi connectivity index (χ4n) is 2.70. The van der Waals surface area contributed by atoms with Gasteiger partial charge < -0.3 is 10.1 Å². The van der Waals surface area contributed by atoms with Gasteiger partial charge in [-0.05, 0) is 35.9 Å². The van der Waals surface area contributed by atoms with Crippen LogP contribution in [0.15, 0.2) is 42.6 Å². The van der Waals surface area contributed by atoms with E-state index in [1.165, 1.54) is 24.4 Å². The summed E-state index contributed by atoms with van der Waals surface area (Å²) in [6, 6.07) is 9.16. The topological polar surface area (TPSA) is 77.6 Å². The lowest BCUT2D eigenvalue weighted by atomic mass is 10.1. The second-order valence-electron chi connectivity index (χ2n) is 5.79. The van der Waals surface area contributed by atoms with Crippen LogP contribution in [-0.4, -0.2) is 25.3 Å². The van der Waals surface area contributed by atoms with Crippen LogP contribution in [0.3, 0.4) is 0 Å². The predicted octanol–water partition coefficient (Wildman–Crippen LogP) is 3.89. The molecule has 26 heavy (non-hydrogen) atoms. The Kier molecular flexibility index (Phi) is 4.06. The number of benzene rings is 2. The molecule has 3 N–H and O–H groups in total. The van der Waals surface area contributed by atoms with E-state index >= 15 is 0 Å². The number of hydrogen-bond donors (Lipinski definition) is 3. The highest BCUT2D eigenvalue weighted by molar-refractivity contribution is 5.92. The van der Waals surface area contributed by atoms with Crippen LogP contribution in [0, 0.1) is 11.6 Å². The first-order chi connectivity index (χ1) is 12.6. The number of hydrogen-bond acceptors (Lipinski definition) is 3. The molecular formula is C19H14F2N4O. The Morgan fingerprint density at radius 3 is 2.62 bits per heavy atom. The maximum Gasteiger partial charge on any atom is 0.152 e. The number of imidazole rings is 1. The Balaban J connectivity index is 1.75. The van der Waals surface area contributed by atoms with Gasteiger partial charge in [0.1, 0.15) is 17.2 Å². The third-order valence-electron chi connectivity index (χ3n) is 4.03. The second-order valence-corrected chi connectivity index (χ2v) is 5.79. The molecule has 2 heterocycles. The van der Waals surface area contributed by atoms with Gasteiger partial charge in [-0.2, -0.15) is 5.10 Å². The van der Waals surface area contributed by atoms with Gasteiger partial charge in [0.05, 0.1) is 24.2 Å². The van der Waals surface area contributed by atoms with E-state index in [0.29, 0.717) is 28.2 Å². The lowest BCUT2D eigenvalue weighted by molar-refractivity contribution is 0.277. The second kappa shape index (κ2) is 6.53. The molecule has 2 aromatic carbocycles. The van der Waals surface area contributed by atoms with Gasteiger partial charge in [0, 0.05) is 10.9 Å². The molecular weight excluding hydrogens is 338 g/mol. The standard InChI is InChI=1S/C19H14F2N4O/c20-13-4-1-11(2-5-13)3-6-17-15-7-12(8-16(21)18(15)25-24-17)19-22-9-14(10-26)23-19/h1-9,26H,10H2,(H,22,23)(H,24,25)/b6-3+. The molecule has 0 aliphatic carbocycles. The number of fused-ring (bicyclic) bond motifs is 1. The fraction of sp³-hybridized carbons (Fsp3) is 0.0526. The first-order valence-corrected chi connectivity index (χ1v) is 7.90. The van der Waals surface area contributed by atoms with Crippen molar-refractivity contribution in [3.05, 3.63) is 71.2 Å². The molecule has 4 rings (SSSR count). The van der Waals surface area contributed by atoms with E-state index in [9.17, 15) is 8.78 Å². The summed E-state index contributed by atoms with van der Waals surface area (Å²) >= 11 is 0. The molecule has 0 aliphatic rings. The zero-order chi connectivity index (χ0) is 18.1. The average Bonchev–Trinajstić information content (AvgIpc) is 3.28. The molecule has 0 bridgehead atoms. The Hall–Kier alpha value is -3.32. The molecule has 0 unspecified atom stereocenters. The van der Waals surface area contributed by atoms with Crippen molar-refractivity contribution in [2.24, 2.45) is 0 Å². The van der Waals surface area contributed by atoms with Gasteiger partial charge in [-0.3, -0.25) is 5.10 Å². The van der Waals surface area contributed by atoms with Gasteiger partial charge in [0.25, 0.3) is 0 Å². The van der Waals surface area contributed by atoms with Crippen LogP contribution in [0.4, 0.5) is 8.78 Å². The van der Waals surface area contributed by atoms with Crippen LogP contribution < -0.4 is 0 Å². The van der Waals surface area contributed by atoms with Crippen molar-refractivity contribution in [1.29, 1.82) is 0 Å². The first kappa shape index (κ1) is 16.2. The quantitative estimate of drug-likeness (QED) is 0.521. The third kappa shape index (κ3) is 3.00. The van der Waals surface area contributed by atoms with E-state index in [1.807, 2.05) is 0 Å². The van der Waals surface area contributed by atoms with Gasteiger partial charge in [-0.15, -0.1) is 0 Å². The maximum atomic E-state index is 14.4. The highest BCUT2D eigenvalue weighted by Crippen LogP contribution is 2.27. The highest BCUT2D eigenvalue weighted by atomic mass is 19.1. The predicted molar refractivity (Wildman–Crippen MR) is 94.9 cm³/mol. The molecule has 0 atom stereocenters. The van der Waals surface area contributed by atoms with Crippen LogP contribution in [-0.2, 0) is 6.61 Å². The minimum atomic E-state index is -0.475. The number of aromatic nitrogens is 4. The van der Waals surface area contributed by atoms with Crippen molar-refractivity contribution >= 4 is 23.1 Å².